The van der Waals surface area contributed by atoms with Crippen LogP contribution in [-0.2, 0) is 0 Å². The van der Waals surface area contributed by atoms with Crippen LogP contribution >= 0.6 is 0 Å². The first kappa shape index (κ1) is 11.2. The number of piperazine rings is 1. The Morgan fingerprint density at radius 3 is 2.78 bits per heavy atom. The minimum atomic E-state index is 0.874. The minimum absolute atomic E-state index is 0.874. The normalized spacial score (nSPS) is 15.9. The molecule has 18 heavy (non-hydrogen) atoms. The SMILES string of the molecule is Cc1cc(N2CCNCC2)n(-c2ccccn2)n1. The van der Waals surface area contributed by atoms with Crippen LogP contribution in [0.15, 0.2) is 30.5 Å². The van der Waals surface area contributed by atoms with Gasteiger partial charge in [-0.15, -0.1) is 0 Å². The fraction of sp³-hybridized carbons (Fsp3) is 0.385. The van der Waals surface area contributed by atoms with Crippen molar-refractivity contribution in [2.45, 2.75) is 6.92 Å². The van der Waals surface area contributed by atoms with E-state index in [0.717, 1.165) is 43.5 Å². The van der Waals surface area contributed by atoms with Crippen molar-refractivity contribution in [1.29, 1.82) is 0 Å². The molecule has 5 heteroatoms. The molecule has 1 fully saturated rings. The Morgan fingerprint density at radius 1 is 1.22 bits per heavy atom. The highest BCUT2D eigenvalue weighted by Crippen LogP contribution is 2.20. The summed E-state index contributed by atoms with van der Waals surface area (Å²) in [6.45, 7) is 6.08. The second-order valence-electron chi connectivity index (χ2n) is 4.48. The van der Waals surface area contributed by atoms with Gasteiger partial charge in [-0.2, -0.15) is 9.78 Å². The van der Waals surface area contributed by atoms with E-state index in [9.17, 15) is 0 Å². The van der Waals surface area contributed by atoms with Crippen molar-refractivity contribution in [2.75, 3.05) is 31.1 Å². The molecule has 0 atom stereocenters. The topological polar surface area (TPSA) is 46.0 Å². The summed E-state index contributed by atoms with van der Waals surface area (Å²) >= 11 is 0. The monoisotopic (exact) mass is 243 g/mol. The molecule has 0 radical (unpaired) electrons. The third-order valence-corrected chi connectivity index (χ3v) is 3.12. The van der Waals surface area contributed by atoms with E-state index in [1.807, 2.05) is 29.8 Å². The van der Waals surface area contributed by atoms with Crippen LogP contribution in [0.4, 0.5) is 5.82 Å². The number of hydrogen-bond acceptors (Lipinski definition) is 4. The van der Waals surface area contributed by atoms with Gasteiger partial charge in [-0.3, -0.25) is 0 Å². The molecule has 2 aromatic rings. The van der Waals surface area contributed by atoms with Gasteiger partial charge in [-0.05, 0) is 19.1 Å². The summed E-state index contributed by atoms with van der Waals surface area (Å²) in [7, 11) is 0. The molecule has 1 aliphatic heterocycles. The Kier molecular flexibility index (Phi) is 2.98. The van der Waals surface area contributed by atoms with E-state index >= 15 is 0 Å². The van der Waals surface area contributed by atoms with Gasteiger partial charge in [-0.1, -0.05) is 6.07 Å². The number of hydrogen-bond donors (Lipinski definition) is 1. The standard InChI is InChI=1S/C13H17N5/c1-11-10-13(17-8-6-14-7-9-17)18(16-11)12-4-2-3-5-15-12/h2-5,10,14H,6-9H2,1H3. The van der Waals surface area contributed by atoms with Gasteiger partial charge < -0.3 is 10.2 Å². The molecular weight excluding hydrogens is 226 g/mol. The number of nitrogens with zero attached hydrogens (tertiary/aromatic N) is 4. The molecule has 0 aromatic carbocycles. The molecule has 0 amide bonds. The van der Waals surface area contributed by atoms with Crippen LogP contribution in [0.25, 0.3) is 5.82 Å². The lowest BCUT2D eigenvalue weighted by Gasteiger charge is -2.29. The molecule has 1 saturated heterocycles. The number of nitrogens with one attached hydrogen (secondary N) is 1. The van der Waals surface area contributed by atoms with Crippen molar-refractivity contribution in [3.05, 3.63) is 36.2 Å². The molecule has 0 bridgehead atoms. The van der Waals surface area contributed by atoms with Gasteiger partial charge in [0.2, 0.25) is 0 Å². The summed E-state index contributed by atoms with van der Waals surface area (Å²) in [6, 6.07) is 8.02. The van der Waals surface area contributed by atoms with Crippen LogP contribution < -0.4 is 10.2 Å². The number of pyridine rings is 1. The Balaban J connectivity index is 1.99. The van der Waals surface area contributed by atoms with Gasteiger partial charge in [0.05, 0.1) is 5.69 Å². The van der Waals surface area contributed by atoms with Crippen molar-refractivity contribution in [3.8, 4) is 5.82 Å². The van der Waals surface area contributed by atoms with E-state index < -0.39 is 0 Å². The molecule has 0 aliphatic carbocycles. The van der Waals surface area contributed by atoms with E-state index in [4.69, 9.17) is 0 Å². The summed E-state index contributed by atoms with van der Waals surface area (Å²) in [6.07, 6.45) is 1.80. The largest absolute Gasteiger partial charge is 0.354 e. The van der Waals surface area contributed by atoms with Gasteiger partial charge in [-0.25, -0.2) is 4.98 Å². The second kappa shape index (κ2) is 4.78. The lowest BCUT2D eigenvalue weighted by Crippen LogP contribution is -2.44. The summed E-state index contributed by atoms with van der Waals surface area (Å²) in [5.74, 6) is 2.01. The van der Waals surface area contributed by atoms with Gasteiger partial charge in [0, 0.05) is 38.4 Å². The predicted molar refractivity (Wildman–Crippen MR) is 71.2 cm³/mol. The van der Waals surface area contributed by atoms with Crippen molar-refractivity contribution >= 4 is 5.82 Å². The summed E-state index contributed by atoms with van der Waals surface area (Å²) < 4.78 is 1.93. The van der Waals surface area contributed by atoms with Crippen molar-refractivity contribution < 1.29 is 0 Å². The van der Waals surface area contributed by atoms with Crippen LogP contribution in [0, 0.1) is 6.92 Å². The molecule has 1 N–H and O–H groups in total. The fourth-order valence-electron chi connectivity index (χ4n) is 2.25. The third-order valence-electron chi connectivity index (χ3n) is 3.12. The highest BCUT2D eigenvalue weighted by molar-refractivity contribution is 5.46. The summed E-state index contributed by atoms with van der Waals surface area (Å²) in [5.41, 5.74) is 1.02. The Bertz CT molecular complexity index is 513. The summed E-state index contributed by atoms with van der Waals surface area (Å²) in [5, 5.41) is 7.91. The number of aromatic nitrogens is 3. The average Bonchev–Trinajstić information content (AvgIpc) is 2.83. The minimum Gasteiger partial charge on any atom is -0.354 e. The van der Waals surface area contributed by atoms with Crippen LogP contribution in [0.5, 0.6) is 0 Å². The van der Waals surface area contributed by atoms with Crippen LogP contribution in [0.1, 0.15) is 5.69 Å². The molecule has 3 heterocycles. The maximum Gasteiger partial charge on any atom is 0.155 e. The number of rotatable bonds is 2. The van der Waals surface area contributed by atoms with Gasteiger partial charge >= 0.3 is 0 Å². The van der Waals surface area contributed by atoms with E-state index in [2.05, 4.69) is 26.4 Å². The molecule has 0 spiro atoms. The molecule has 1 aliphatic rings. The molecule has 0 saturated carbocycles. The van der Waals surface area contributed by atoms with Crippen LogP contribution in [0.2, 0.25) is 0 Å². The Labute approximate surface area is 106 Å². The molecule has 2 aromatic heterocycles. The van der Waals surface area contributed by atoms with Gasteiger partial charge in [0.15, 0.2) is 5.82 Å². The average molecular weight is 243 g/mol. The van der Waals surface area contributed by atoms with E-state index in [1.54, 1.807) is 6.20 Å². The van der Waals surface area contributed by atoms with E-state index in [1.165, 1.54) is 0 Å². The zero-order chi connectivity index (χ0) is 12.4. The third kappa shape index (κ3) is 2.09. The highest BCUT2D eigenvalue weighted by atomic mass is 15.4. The Hall–Kier alpha value is -1.88. The van der Waals surface area contributed by atoms with Crippen molar-refractivity contribution in [2.24, 2.45) is 0 Å². The highest BCUT2D eigenvalue weighted by Gasteiger charge is 2.17. The molecule has 5 nitrogen and oxygen atoms in total. The maximum atomic E-state index is 4.55. The van der Waals surface area contributed by atoms with Gasteiger partial charge in [0.25, 0.3) is 0 Å². The van der Waals surface area contributed by atoms with Crippen LogP contribution in [0.3, 0.4) is 0 Å². The smallest absolute Gasteiger partial charge is 0.155 e. The van der Waals surface area contributed by atoms with Crippen molar-refractivity contribution in [1.82, 2.24) is 20.1 Å². The number of aryl methyl sites for hydroxylation is 1. The predicted octanol–water partition coefficient (Wildman–Crippen LogP) is 0.985. The zero-order valence-corrected chi connectivity index (χ0v) is 10.5. The molecule has 0 unspecified atom stereocenters. The summed E-state index contributed by atoms with van der Waals surface area (Å²) in [4.78, 5) is 6.73. The second-order valence-corrected chi connectivity index (χ2v) is 4.48. The maximum absolute atomic E-state index is 4.55. The first-order chi connectivity index (χ1) is 8.84. The fourth-order valence-corrected chi connectivity index (χ4v) is 2.25. The van der Waals surface area contributed by atoms with E-state index in [0.29, 0.717) is 0 Å². The van der Waals surface area contributed by atoms with Gasteiger partial charge in [0.1, 0.15) is 5.82 Å². The molecule has 94 valence electrons. The lowest BCUT2D eigenvalue weighted by atomic mass is 10.3. The quantitative estimate of drug-likeness (QED) is 0.854. The molecule has 3 rings (SSSR count). The Morgan fingerprint density at radius 2 is 2.06 bits per heavy atom. The first-order valence-electron chi connectivity index (χ1n) is 6.28. The van der Waals surface area contributed by atoms with Crippen LogP contribution in [-0.4, -0.2) is 40.9 Å². The number of anilines is 1. The van der Waals surface area contributed by atoms with Crippen molar-refractivity contribution in [3.63, 3.8) is 0 Å². The first-order valence-corrected chi connectivity index (χ1v) is 6.28. The van der Waals surface area contributed by atoms with E-state index in [-0.39, 0.29) is 0 Å². The lowest BCUT2D eigenvalue weighted by molar-refractivity contribution is 0.578. The molecular formula is C13H17N5. The zero-order valence-electron chi connectivity index (χ0n) is 10.5.